The van der Waals surface area contributed by atoms with E-state index in [0.717, 1.165) is 26.2 Å². The van der Waals surface area contributed by atoms with Crippen LogP contribution in [-0.4, -0.2) is 73.9 Å². The van der Waals surface area contributed by atoms with E-state index in [1.165, 1.54) is 13.0 Å². The Morgan fingerprint density at radius 3 is 2.60 bits per heavy atom. The van der Waals surface area contributed by atoms with Gasteiger partial charge in [0.15, 0.2) is 0 Å². The molecule has 1 rings (SSSR count). The normalized spacial score (nSPS) is 24.8. The summed E-state index contributed by atoms with van der Waals surface area (Å²) in [5.41, 5.74) is -0.164. The van der Waals surface area contributed by atoms with Crippen LogP contribution in [0.3, 0.4) is 0 Å². The lowest BCUT2D eigenvalue weighted by atomic mass is 10.0. The van der Waals surface area contributed by atoms with E-state index in [4.69, 9.17) is 0 Å². The van der Waals surface area contributed by atoms with Gasteiger partial charge < -0.3 is 20.2 Å². The highest BCUT2D eigenvalue weighted by molar-refractivity contribution is 4.85. The fraction of sp³-hybridized carbons (Fsp3) is 1.00. The molecule has 0 aromatic heterocycles. The zero-order chi connectivity index (χ0) is 11.3. The zero-order valence-corrected chi connectivity index (χ0v) is 10.3. The molecule has 4 nitrogen and oxygen atoms in total. The first-order valence-corrected chi connectivity index (χ1v) is 5.80. The Morgan fingerprint density at radius 2 is 2.00 bits per heavy atom. The number of aliphatic hydroxyl groups excluding tert-OH is 1. The van der Waals surface area contributed by atoms with Crippen LogP contribution in [0.1, 0.15) is 13.3 Å². The Labute approximate surface area is 93.2 Å². The van der Waals surface area contributed by atoms with Crippen LogP contribution in [0.4, 0.5) is 0 Å². The lowest BCUT2D eigenvalue weighted by Crippen LogP contribution is -2.53. The second-order valence-corrected chi connectivity index (χ2v) is 4.90. The number of nitrogens with one attached hydrogen (secondary N) is 1. The molecule has 0 aromatic carbocycles. The van der Waals surface area contributed by atoms with Crippen molar-refractivity contribution in [3.05, 3.63) is 0 Å². The third kappa shape index (κ3) is 4.07. The van der Waals surface area contributed by atoms with Gasteiger partial charge >= 0.3 is 0 Å². The van der Waals surface area contributed by atoms with E-state index in [2.05, 4.69) is 29.1 Å². The predicted molar refractivity (Wildman–Crippen MR) is 63.1 cm³/mol. The van der Waals surface area contributed by atoms with Crippen molar-refractivity contribution in [3.8, 4) is 0 Å². The van der Waals surface area contributed by atoms with Crippen LogP contribution in [0.5, 0.6) is 0 Å². The van der Waals surface area contributed by atoms with Crippen LogP contribution in [0.25, 0.3) is 0 Å². The van der Waals surface area contributed by atoms with Gasteiger partial charge in [-0.25, -0.2) is 0 Å². The quantitative estimate of drug-likeness (QED) is 0.669. The van der Waals surface area contributed by atoms with Gasteiger partial charge in [0.2, 0.25) is 0 Å². The van der Waals surface area contributed by atoms with Gasteiger partial charge in [0, 0.05) is 19.6 Å². The zero-order valence-electron chi connectivity index (χ0n) is 10.3. The van der Waals surface area contributed by atoms with Crippen molar-refractivity contribution in [2.24, 2.45) is 0 Å². The summed E-state index contributed by atoms with van der Waals surface area (Å²) >= 11 is 0. The summed E-state index contributed by atoms with van der Waals surface area (Å²) in [7, 11) is 4.09. The van der Waals surface area contributed by atoms with Crippen molar-refractivity contribution >= 4 is 0 Å². The maximum atomic E-state index is 9.34. The first-order valence-electron chi connectivity index (χ1n) is 5.80. The molecule has 0 spiro atoms. The molecule has 1 fully saturated rings. The van der Waals surface area contributed by atoms with Gasteiger partial charge in [-0.3, -0.25) is 0 Å². The second-order valence-electron chi connectivity index (χ2n) is 4.90. The fourth-order valence-electron chi connectivity index (χ4n) is 1.96. The second kappa shape index (κ2) is 5.80. The van der Waals surface area contributed by atoms with Crippen LogP contribution in [-0.2, 0) is 0 Å². The standard InChI is InChI=1S/C11H25N3O/c1-11(10-15,12-2)9-14-6-4-5-13(3)7-8-14/h12,15H,4-10H2,1-3H3. The van der Waals surface area contributed by atoms with E-state index in [-0.39, 0.29) is 12.1 Å². The molecular formula is C11H25N3O. The highest BCUT2D eigenvalue weighted by Crippen LogP contribution is 2.08. The summed E-state index contributed by atoms with van der Waals surface area (Å²) in [6, 6.07) is 0. The average molecular weight is 215 g/mol. The molecule has 0 aliphatic carbocycles. The molecule has 15 heavy (non-hydrogen) atoms. The van der Waals surface area contributed by atoms with E-state index in [1.807, 2.05) is 7.05 Å². The van der Waals surface area contributed by atoms with Crippen molar-refractivity contribution in [2.45, 2.75) is 18.9 Å². The molecule has 1 aliphatic rings. The van der Waals surface area contributed by atoms with Crippen molar-refractivity contribution in [3.63, 3.8) is 0 Å². The number of hydrogen-bond acceptors (Lipinski definition) is 4. The minimum absolute atomic E-state index is 0.164. The summed E-state index contributed by atoms with van der Waals surface area (Å²) in [4.78, 5) is 4.81. The number of hydrogen-bond donors (Lipinski definition) is 2. The third-order valence-corrected chi connectivity index (χ3v) is 3.34. The molecule has 1 heterocycles. The van der Waals surface area contributed by atoms with Crippen LogP contribution in [0.2, 0.25) is 0 Å². The number of nitrogens with zero attached hydrogens (tertiary/aromatic N) is 2. The molecule has 0 radical (unpaired) electrons. The number of likely N-dealkylation sites (N-methyl/N-ethyl adjacent to an activating group) is 2. The Morgan fingerprint density at radius 1 is 1.27 bits per heavy atom. The molecule has 1 atom stereocenters. The fourth-order valence-corrected chi connectivity index (χ4v) is 1.96. The average Bonchev–Trinajstić information content (AvgIpc) is 2.44. The Bertz CT molecular complexity index is 183. The predicted octanol–water partition coefficient (Wildman–Crippen LogP) is -0.406. The lowest BCUT2D eigenvalue weighted by molar-refractivity contribution is 0.128. The molecule has 4 heteroatoms. The topological polar surface area (TPSA) is 38.7 Å². The molecular weight excluding hydrogens is 190 g/mol. The summed E-state index contributed by atoms with van der Waals surface area (Å²) in [6.07, 6.45) is 1.22. The van der Waals surface area contributed by atoms with Crippen molar-refractivity contribution < 1.29 is 5.11 Å². The van der Waals surface area contributed by atoms with Gasteiger partial charge in [-0.15, -0.1) is 0 Å². The van der Waals surface area contributed by atoms with E-state index in [0.29, 0.717) is 0 Å². The van der Waals surface area contributed by atoms with Gasteiger partial charge in [0.1, 0.15) is 0 Å². The molecule has 0 amide bonds. The maximum Gasteiger partial charge on any atom is 0.0623 e. The van der Waals surface area contributed by atoms with Crippen molar-refractivity contribution in [1.82, 2.24) is 15.1 Å². The molecule has 1 saturated heterocycles. The van der Waals surface area contributed by atoms with Crippen molar-refractivity contribution in [2.75, 3.05) is 53.4 Å². The largest absolute Gasteiger partial charge is 0.394 e. The van der Waals surface area contributed by atoms with E-state index in [9.17, 15) is 5.11 Å². The number of rotatable bonds is 4. The molecule has 0 aromatic rings. The van der Waals surface area contributed by atoms with E-state index >= 15 is 0 Å². The van der Waals surface area contributed by atoms with Crippen LogP contribution < -0.4 is 5.32 Å². The molecule has 2 N–H and O–H groups in total. The highest BCUT2D eigenvalue weighted by atomic mass is 16.3. The van der Waals surface area contributed by atoms with E-state index in [1.54, 1.807) is 0 Å². The van der Waals surface area contributed by atoms with Crippen LogP contribution in [0, 0.1) is 0 Å². The Balaban J connectivity index is 2.43. The van der Waals surface area contributed by atoms with Gasteiger partial charge in [-0.1, -0.05) is 0 Å². The Hall–Kier alpha value is -0.160. The van der Waals surface area contributed by atoms with Gasteiger partial charge in [0.05, 0.1) is 12.1 Å². The Kier molecular flexibility index (Phi) is 4.99. The summed E-state index contributed by atoms with van der Waals surface area (Å²) in [6.45, 7) is 7.75. The molecule has 90 valence electrons. The summed E-state index contributed by atoms with van der Waals surface area (Å²) < 4.78 is 0. The van der Waals surface area contributed by atoms with Crippen molar-refractivity contribution in [1.29, 1.82) is 0 Å². The smallest absolute Gasteiger partial charge is 0.0623 e. The molecule has 1 aliphatic heterocycles. The summed E-state index contributed by atoms with van der Waals surface area (Å²) in [5.74, 6) is 0. The monoisotopic (exact) mass is 215 g/mol. The number of aliphatic hydroxyl groups is 1. The van der Waals surface area contributed by atoms with Gasteiger partial charge in [0.25, 0.3) is 0 Å². The van der Waals surface area contributed by atoms with E-state index < -0.39 is 0 Å². The molecule has 1 unspecified atom stereocenters. The summed E-state index contributed by atoms with van der Waals surface area (Å²) in [5, 5.41) is 12.5. The SMILES string of the molecule is CNC(C)(CO)CN1CCCN(C)CC1. The maximum absolute atomic E-state index is 9.34. The minimum Gasteiger partial charge on any atom is -0.394 e. The van der Waals surface area contributed by atoms with Crippen LogP contribution >= 0.6 is 0 Å². The molecule has 0 bridgehead atoms. The third-order valence-electron chi connectivity index (χ3n) is 3.34. The first-order chi connectivity index (χ1) is 7.09. The minimum atomic E-state index is -0.164. The van der Waals surface area contributed by atoms with Gasteiger partial charge in [-0.05, 0) is 40.5 Å². The highest BCUT2D eigenvalue weighted by Gasteiger charge is 2.25. The lowest BCUT2D eigenvalue weighted by Gasteiger charge is -2.33. The van der Waals surface area contributed by atoms with Gasteiger partial charge in [-0.2, -0.15) is 0 Å². The van der Waals surface area contributed by atoms with Crippen LogP contribution in [0.15, 0.2) is 0 Å². The molecule has 0 saturated carbocycles. The first kappa shape index (κ1) is 12.9.